The fourth-order valence-corrected chi connectivity index (χ4v) is 9.87. The van der Waals surface area contributed by atoms with E-state index in [2.05, 4.69) is 33.8 Å². The summed E-state index contributed by atoms with van der Waals surface area (Å²) in [6.45, 7) is 10.3. The van der Waals surface area contributed by atoms with Crippen molar-refractivity contribution < 1.29 is 10.2 Å². The van der Waals surface area contributed by atoms with Crippen LogP contribution in [0.25, 0.3) is 0 Å². The van der Waals surface area contributed by atoms with E-state index in [1.807, 2.05) is 0 Å². The second-order valence-electron chi connectivity index (χ2n) is 13.3. The molecule has 0 heterocycles. The molecule has 5 aliphatic carbocycles. The molecule has 31 heavy (non-hydrogen) atoms. The van der Waals surface area contributed by atoms with E-state index >= 15 is 0 Å². The first-order valence-electron chi connectivity index (χ1n) is 13.8. The second kappa shape index (κ2) is 7.86. The van der Waals surface area contributed by atoms with Gasteiger partial charge in [0.25, 0.3) is 0 Å². The first-order valence-corrected chi connectivity index (χ1v) is 13.8. The second-order valence-corrected chi connectivity index (χ2v) is 13.3. The summed E-state index contributed by atoms with van der Waals surface area (Å²) in [5, 5.41) is 20.2. The summed E-state index contributed by atoms with van der Waals surface area (Å²) in [5.41, 5.74) is 2.79. The average Bonchev–Trinajstić information content (AvgIpc) is 3.45. The van der Waals surface area contributed by atoms with Crippen LogP contribution in [-0.2, 0) is 0 Å². The molecule has 2 nitrogen and oxygen atoms in total. The van der Waals surface area contributed by atoms with E-state index < -0.39 is 0 Å². The Morgan fingerprint density at radius 3 is 2.45 bits per heavy atom. The lowest BCUT2D eigenvalue weighted by Crippen LogP contribution is -2.53. The van der Waals surface area contributed by atoms with E-state index in [9.17, 15) is 10.2 Å². The number of aliphatic hydroxyl groups excluding tert-OH is 2. The average molecular weight is 429 g/mol. The van der Waals surface area contributed by atoms with Crippen molar-refractivity contribution in [1.82, 2.24) is 0 Å². The first kappa shape index (κ1) is 22.5. The van der Waals surface area contributed by atoms with E-state index in [0.29, 0.717) is 23.4 Å². The lowest BCUT2D eigenvalue weighted by molar-refractivity contribution is -0.0691. The monoisotopic (exact) mass is 428 g/mol. The molecule has 0 bridgehead atoms. The van der Waals surface area contributed by atoms with Gasteiger partial charge in [-0.05, 0) is 111 Å². The van der Waals surface area contributed by atoms with Gasteiger partial charge >= 0.3 is 0 Å². The van der Waals surface area contributed by atoms with Gasteiger partial charge in [-0.2, -0.15) is 0 Å². The zero-order valence-corrected chi connectivity index (χ0v) is 20.7. The molecule has 5 rings (SSSR count). The highest BCUT2D eigenvalue weighted by Crippen LogP contribution is 2.72. The van der Waals surface area contributed by atoms with Crippen LogP contribution in [0.3, 0.4) is 0 Å². The summed E-state index contributed by atoms with van der Waals surface area (Å²) < 4.78 is 0. The van der Waals surface area contributed by atoms with Gasteiger partial charge in [0.2, 0.25) is 0 Å². The number of hydrogen-bond acceptors (Lipinski definition) is 2. The van der Waals surface area contributed by atoms with Gasteiger partial charge in [-0.25, -0.2) is 0 Å². The van der Waals surface area contributed by atoms with Gasteiger partial charge in [0, 0.05) is 12.0 Å². The summed E-state index contributed by atoms with van der Waals surface area (Å²) >= 11 is 0. The highest BCUT2D eigenvalue weighted by atomic mass is 16.3. The molecule has 0 radical (unpaired) electrons. The summed E-state index contributed by atoms with van der Waals surface area (Å²) in [4.78, 5) is 0. The van der Waals surface area contributed by atoms with Crippen molar-refractivity contribution in [3.8, 4) is 0 Å². The maximum Gasteiger partial charge on any atom is 0.0634 e. The van der Waals surface area contributed by atoms with Crippen LogP contribution in [0.2, 0.25) is 0 Å². The fraction of sp³-hybridized carbons (Fsp3) is 0.931. The van der Waals surface area contributed by atoms with Crippen molar-refractivity contribution in [3.63, 3.8) is 0 Å². The zero-order chi connectivity index (χ0) is 22.0. The van der Waals surface area contributed by atoms with Crippen LogP contribution < -0.4 is 0 Å². The molecular weight excluding hydrogens is 380 g/mol. The smallest absolute Gasteiger partial charge is 0.0634 e. The number of allylic oxidation sites excluding steroid dienone is 1. The lowest BCUT2D eigenvalue weighted by atomic mass is 9.45. The normalized spacial score (nSPS) is 47.2. The van der Waals surface area contributed by atoms with Crippen LogP contribution in [-0.4, -0.2) is 22.9 Å². The minimum absolute atomic E-state index is 0.0671. The summed E-state index contributed by atoms with van der Waals surface area (Å²) in [5.74, 6) is 4.82. The Morgan fingerprint density at radius 2 is 1.74 bits per heavy atom. The number of fused-ring (bicyclic) bond motifs is 6. The van der Waals surface area contributed by atoms with Gasteiger partial charge in [0.15, 0.2) is 0 Å². The quantitative estimate of drug-likeness (QED) is 0.459. The maximum atomic E-state index is 10.8. The third kappa shape index (κ3) is 3.32. The minimum Gasteiger partial charge on any atom is -0.396 e. The molecule has 2 N–H and O–H groups in total. The topological polar surface area (TPSA) is 40.5 Å². The van der Waals surface area contributed by atoms with Gasteiger partial charge in [-0.1, -0.05) is 52.2 Å². The van der Waals surface area contributed by atoms with Crippen molar-refractivity contribution >= 4 is 0 Å². The number of aliphatic hydroxyl groups is 2. The van der Waals surface area contributed by atoms with Gasteiger partial charge in [-0.15, -0.1) is 0 Å². The number of rotatable bonds is 6. The zero-order valence-electron chi connectivity index (χ0n) is 20.7. The van der Waals surface area contributed by atoms with Crippen LogP contribution >= 0.6 is 0 Å². The SMILES string of the molecule is C[C@@H](CO)CCC[C@@H](C)[C@H]1CC[C@H]2[C@@H]3CC=C4C5(CC5)[C@H](O)CC[C@]4(C)[C@H]3CC[C@]12C. The van der Waals surface area contributed by atoms with Gasteiger partial charge in [0.1, 0.15) is 0 Å². The standard InChI is InChI=1S/C29H48O2/c1-19(18-30)6-5-7-20(2)22-9-10-23-21-8-11-25-28(4,24(21)12-14-27(22,23)3)15-13-26(31)29(25)16-17-29/h11,19-24,26,30-31H,5-10,12-18H2,1-4H3/t19-,20-,21+,22-,23+,24+,26-,27-,28-/m1/s1. The summed E-state index contributed by atoms with van der Waals surface area (Å²) in [7, 11) is 0. The molecule has 2 heteroatoms. The maximum absolute atomic E-state index is 10.8. The Labute approximate surface area is 191 Å². The van der Waals surface area contributed by atoms with Gasteiger partial charge in [-0.3, -0.25) is 0 Å². The fourth-order valence-electron chi connectivity index (χ4n) is 9.87. The van der Waals surface area contributed by atoms with Crippen molar-refractivity contribution in [3.05, 3.63) is 11.6 Å². The van der Waals surface area contributed by atoms with Gasteiger partial charge in [0.05, 0.1) is 6.10 Å². The highest BCUT2D eigenvalue weighted by Gasteiger charge is 2.65. The number of hydrogen-bond donors (Lipinski definition) is 2. The molecular formula is C29H48O2. The van der Waals surface area contributed by atoms with E-state index in [-0.39, 0.29) is 11.5 Å². The molecule has 0 unspecified atom stereocenters. The molecule has 176 valence electrons. The molecule has 4 saturated carbocycles. The first-order chi connectivity index (χ1) is 14.8. The highest BCUT2D eigenvalue weighted by molar-refractivity contribution is 5.36. The lowest BCUT2D eigenvalue weighted by Gasteiger charge is -2.60. The van der Waals surface area contributed by atoms with Crippen LogP contribution in [0.4, 0.5) is 0 Å². The van der Waals surface area contributed by atoms with Crippen LogP contribution in [0.5, 0.6) is 0 Å². The summed E-state index contributed by atoms with van der Waals surface area (Å²) in [6.07, 6.45) is 18.2. The third-order valence-corrected chi connectivity index (χ3v) is 11.8. The van der Waals surface area contributed by atoms with E-state index in [4.69, 9.17) is 0 Å². The van der Waals surface area contributed by atoms with Gasteiger partial charge < -0.3 is 10.2 Å². The molecule has 0 aromatic carbocycles. The van der Waals surface area contributed by atoms with Crippen molar-refractivity contribution in [2.75, 3.05) is 6.61 Å². The largest absolute Gasteiger partial charge is 0.396 e. The molecule has 5 aliphatic rings. The Hall–Kier alpha value is -0.340. The van der Waals surface area contributed by atoms with Crippen molar-refractivity contribution in [2.24, 2.45) is 51.8 Å². The van der Waals surface area contributed by atoms with E-state index in [1.54, 1.807) is 5.57 Å². The Balaban J connectivity index is 1.32. The van der Waals surface area contributed by atoms with Crippen molar-refractivity contribution in [1.29, 1.82) is 0 Å². The predicted molar refractivity (Wildman–Crippen MR) is 128 cm³/mol. The molecule has 0 aromatic heterocycles. The third-order valence-electron chi connectivity index (χ3n) is 11.8. The Bertz CT molecular complexity index is 708. The molecule has 0 aliphatic heterocycles. The molecule has 0 amide bonds. The predicted octanol–water partition coefficient (Wildman–Crippen LogP) is 6.75. The van der Waals surface area contributed by atoms with Crippen molar-refractivity contribution in [2.45, 2.75) is 111 Å². The van der Waals surface area contributed by atoms with E-state index in [1.165, 1.54) is 70.6 Å². The molecule has 0 saturated heterocycles. The Kier molecular flexibility index (Phi) is 5.70. The molecule has 4 fully saturated rings. The van der Waals surface area contributed by atoms with Crippen LogP contribution in [0.15, 0.2) is 11.6 Å². The Morgan fingerprint density at radius 1 is 0.968 bits per heavy atom. The van der Waals surface area contributed by atoms with Crippen LogP contribution in [0.1, 0.15) is 105 Å². The molecule has 1 spiro atoms. The van der Waals surface area contributed by atoms with Crippen LogP contribution in [0, 0.1) is 51.8 Å². The molecule has 9 atom stereocenters. The molecule has 0 aromatic rings. The summed E-state index contributed by atoms with van der Waals surface area (Å²) in [6, 6.07) is 0. The van der Waals surface area contributed by atoms with E-state index in [0.717, 1.165) is 36.0 Å². The minimum atomic E-state index is -0.0671.